The number of nitrogens with zero attached hydrogens (tertiary/aromatic N) is 1. The second-order valence-electron chi connectivity index (χ2n) is 5.78. The fraction of sp³-hybridized carbons (Fsp3) is 0.381. The molecule has 0 aliphatic heterocycles. The Morgan fingerprint density at radius 1 is 0.846 bits per heavy atom. The van der Waals surface area contributed by atoms with Gasteiger partial charge in [-0.25, -0.2) is 0 Å². The number of benzene rings is 1. The summed E-state index contributed by atoms with van der Waals surface area (Å²) in [5.74, 6) is -0.423. The Morgan fingerprint density at radius 2 is 1.42 bits per heavy atom. The van der Waals surface area contributed by atoms with E-state index < -0.39 is 0 Å². The van der Waals surface area contributed by atoms with E-state index in [0.29, 0.717) is 38.9 Å². The van der Waals surface area contributed by atoms with Gasteiger partial charge in [0.1, 0.15) is 0 Å². The largest absolute Gasteiger partial charge is 0.466 e. The Kier molecular flexibility index (Phi) is 7.80. The van der Waals surface area contributed by atoms with Crippen molar-refractivity contribution in [1.29, 1.82) is 0 Å². The molecular formula is C21H25NO4. The predicted molar refractivity (Wildman–Crippen MR) is 99.6 cm³/mol. The summed E-state index contributed by atoms with van der Waals surface area (Å²) in [5.41, 5.74) is 3.88. The summed E-state index contributed by atoms with van der Waals surface area (Å²) in [7, 11) is 0. The molecule has 1 heterocycles. The van der Waals surface area contributed by atoms with Crippen LogP contribution in [0.2, 0.25) is 0 Å². The average molecular weight is 355 g/mol. The van der Waals surface area contributed by atoms with Gasteiger partial charge in [0.25, 0.3) is 0 Å². The van der Waals surface area contributed by atoms with Crippen molar-refractivity contribution < 1.29 is 19.1 Å². The Morgan fingerprint density at radius 3 is 1.88 bits per heavy atom. The van der Waals surface area contributed by atoms with Gasteiger partial charge in [-0.2, -0.15) is 0 Å². The molecule has 5 nitrogen and oxygen atoms in total. The van der Waals surface area contributed by atoms with E-state index in [4.69, 9.17) is 9.47 Å². The van der Waals surface area contributed by atoms with E-state index in [1.807, 2.05) is 36.4 Å². The monoisotopic (exact) mass is 355 g/mol. The summed E-state index contributed by atoms with van der Waals surface area (Å²) in [6.45, 7) is 4.36. The van der Waals surface area contributed by atoms with E-state index in [9.17, 15) is 9.59 Å². The summed E-state index contributed by atoms with van der Waals surface area (Å²) < 4.78 is 10.1. The lowest BCUT2D eigenvalue weighted by Gasteiger charge is -2.14. The van der Waals surface area contributed by atoms with E-state index in [1.165, 1.54) is 0 Å². The quantitative estimate of drug-likeness (QED) is 0.641. The molecule has 1 aromatic heterocycles. The number of ether oxygens (including phenoxy) is 2. The molecular weight excluding hydrogens is 330 g/mol. The molecule has 1 aromatic carbocycles. The van der Waals surface area contributed by atoms with Gasteiger partial charge in [0.05, 0.1) is 18.9 Å². The fourth-order valence-electron chi connectivity index (χ4n) is 2.85. The molecule has 0 N–H and O–H groups in total. The maximum absolute atomic E-state index is 11.7. The van der Waals surface area contributed by atoms with Crippen LogP contribution in [0, 0.1) is 0 Å². The Balaban J connectivity index is 2.27. The number of pyridine rings is 1. The van der Waals surface area contributed by atoms with E-state index >= 15 is 0 Å². The van der Waals surface area contributed by atoms with Crippen molar-refractivity contribution >= 4 is 11.9 Å². The van der Waals surface area contributed by atoms with Crippen LogP contribution < -0.4 is 0 Å². The third-order valence-electron chi connectivity index (χ3n) is 3.97. The molecule has 0 saturated heterocycles. The van der Waals surface area contributed by atoms with Crippen molar-refractivity contribution in [3.8, 4) is 11.3 Å². The normalized spacial score (nSPS) is 10.4. The van der Waals surface area contributed by atoms with Crippen LogP contribution in [-0.4, -0.2) is 30.1 Å². The Bertz CT molecular complexity index is 688. The van der Waals surface area contributed by atoms with E-state index in [1.54, 1.807) is 20.0 Å². The second-order valence-corrected chi connectivity index (χ2v) is 5.78. The second kappa shape index (κ2) is 10.3. The van der Waals surface area contributed by atoms with E-state index in [2.05, 4.69) is 4.98 Å². The third-order valence-corrected chi connectivity index (χ3v) is 3.97. The van der Waals surface area contributed by atoms with Crippen LogP contribution in [-0.2, 0) is 31.9 Å². The number of esters is 2. The fourth-order valence-corrected chi connectivity index (χ4v) is 2.85. The van der Waals surface area contributed by atoms with Gasteiger partial charge in [0.2, 0.25) is 0 Å². The number of carbonyl (C=O) groups is 2. The highest BCUT2D eigenvalue weighted by Gasteiger charge is 2.14. The molecule has 0 fully saturated rings. The zero-order valence-electron chi connectivity index (χ0n) is 15.4. The van der Waals surface area contributed by atoms with Gasteiger partial charge in [-0.1, -0.05) is 24.3 Å². The topological polar surface area (TPSA) is 65.5 Å². The van der Waals surface area contributed by atoms with Gasteiger partial charge in [-0.3, -0.25) is 14.6 Å². The molecule has 0 atom stereocenters. The number of rotatable bonds is 9. The number of aromatic nitrogens is 1. The van der Waals surface area contributed by atoms with E-state index in [0.717, 1.165) is 22.4 Å². The van der Waals surface area contributed by atoms with E-state index in [-0.39, 0.29) is 11.9 Å². The zero-order valence-corrected chi connectivity index (χ0v) is 15.4. The number of aryl methyl sites for hydroxylation is 2. The molecule has 0 amide bonds. The lowest BCUT2D eigenvalue weighted by molar-refractivity contribution is -0.143. The summed E-state index contributed by atoms with van der Waals surface area (Å²) in [5, 5.41) is 0. The minimum atomic E-state index is -0.212. The highest BCUT2D eigenvalue weighted by Crippen LogP contribution is 2.28. The standard InChI is InChI=1S/C21H25NO4/c1-3-25-19(23)13-11-16-8-7-9-17(12-14-20(24)26-4-2)21(16)18-10-5-6-15-22-18/h5-10,15H,3-4,11-14H2,1-2H3. The van der Waals surface area contributed by atoms with Gasteiger partial charge in [-0.05, 0) is 49.9 Å². The zero-order chi connectivity index (χ0) is 18.8. The van der Waals surface area contributed by atoms with Crippen molar-refractivity contribution in [3.05, 3.63) is 53.7 Å². The van der Waals surface area contributed by atoms with Crippen LogP contribution in [0.25, 0.3) is 11.3 Å². The predicted octanol–water partition coefficient (Wildman–Crippen LogP) is 3.74. The third kappa shape index (κ3) is 5.69. The molecule has 0 unspecified atom stereocenters. The summed E-state index contributed by atoms with van der Waals surface area (Å²) in [4.78, 5) is 27.9. The van der Waals surface area contributed by atoms with Crippen LogP contribution in [0.15, 0.2) is 42.6 Å². The van der Waals surface area contributed by atoms with Crippen LogP contribution in [0.1, 0.15) is 37.8 Å². The van der Waals surface area contributed by atoms with Crippen molar-refractivity contribution in [2.75, 3.05) is 13.2 Å². The van der Waals surface area contributed by atoms with Crippen molar-refractivity contribution in [1.82, 2.24) is 4.98 Å². The molecule has 5 heteroatoms. The summed E-state index contributed by atoms with van der Waals surface area (Å²) in [6, 6.07) is 11.7. The van der Waals surface area contributed by atoms with Crippen molar-refractivity contribution in [2.24, 2.45) is 0 Å². The Hall–Kier alpha value is -2.69. The maximum atomic E-state index is 11.7. The summed E-state index contributed by atoms with van der Waals surface area (Å²) >= 11 is 0. The first-order valence-corrected chi connectivity index (χ1v) is 8.99. The number of carbonyl (C=O) groups excluding carboxylic acids is 2. The molecule has 0 bridgehead atoms. The SMILES string of the molecule is CCOC(=O)CCc1cccc(CCC(=O)OCC)c1-c1ccccn1. The van der Waals surface area contributed by atoms with Crippen molar-refractivity contribution in [2.45, 2.75) is 39.5 Å². The first-order valence-electron chi connectivity index (χ1n) is 8.99. The van der Waals surface area contributed by atoms with Crippen LogP contribution >= 0.6 is 0 Å². The molecule has 0 aliphatic carbocycles. The number of hydrogen-bond donors (Lipinski definition) is 0. The van der Waals surface area contributed by atoms with Crippen LogP contribution in [0.3, 0.4) is 0 Å². The molecule has 26 heavy (non-hydrogen) atoms. The lowest BCUT2D eigenvalue weighted by atomic mass is 9.92. The van der Waals surface area contributed by atoms with Gasteiger partial charge >= 0.3 is 11.9 Å². The molecule has 0 saturated carbocycles. The van der Waals surface area contributed by atoms with Crippen LogP contribution in [0.5, 0.6) is 0 Å². The molecule has 2 aromatic rings. The highest BCUT2D eigenvalue weighted by atomic mass is 16.5. The first kappa shape index (κ1) is 19.6. The summed E-state index contributed by atoms with van der Waals surface area (Å²) in [6.07, 6.45) is 3.51. The minimum absolute atomic E-state index is 0.212. The molecule has 0 spiro atoms. The van der Waals surface area contributed by atoms with Crippen LogP contribution in [0.4, 0.5) is 0 Å². The van der Waals surface area contributed by atoms with Gasteiger partial charge in [0.15, 0.2) is 0 Å². The molecule has 0 aliphatic rings. The molecule has 2 rings (SSSR count). The van der Waals surface area contributed by atoms with Gasteiger partial charge in [0, 0.05) is 24.6 Å². The minimum Gasteiger partial charge on any atom is -0.466 e. The molecule has 0 radical (unpaired) electrons. The lowest BCUT2D eigenvalue weighted by Crippen LogP contribution is -2.08. The highest BCUT2D eigenvalue weighted by molar-refractivity contribution is 5.74. The number of hydrogen-bond acceptors (Lipinski definition) is 5. The average Bonchev–Trinajstić information content (AvgIpc) is 2.66. The Labute approximate surface area is 154 Å². The molecule has 138 valence electrons. The van der Waals surface area contributed by atoms with Crippen molar-refractivity contribution in [3.63, 3.8) is 0 Å². The smallest absolute Gasteiger partial charge is 0.306 e. The first-order chi connectivity index (χ1) is 12.7. The van der Waals surface area contributed by atoms with Gasteiger partial charge < -0.3 is 9.47 Å². The maximum Gasteiger partial charge on any atom is 0.306 e. The van der Waals surface area contributed by atoms with Gasteiger partial charge in [-0.15, -0.1) is 0 Å².